The number of hydrogen-bond donors (Lipinski definition) is 0. The van der Waals surface area contributed by atoms with Crippen LogP contribution in [0.25, 0.3) is 11.8 Å². The third-order valence-corrected chi connectivity index (χ3v) is 5.51. The Morgan fingerprint density at radius 3 is 2.39 bits per heavy atom. The van der Waals surface area contributed by atoms with Crippen LogP contribution in [-0.4, -0.2) is 17.5 Å². The molecule has 0 amide bonds. The molecule has 33 heavy (non-hydrogen) atoms. The number of rotatable bonds is 8. The van der Waals surface area contributed by atoms with E-state index >= 15 is 0 Å². The molecular formula is C29H27NO3. The number of ketones is 1. The minimum Gasteiger partial charge on any atom is -0.496 e. The fourth-order valence-corrected chi connectivity index (χ4v) is 3.61. The van der Waals surface area contributed by atoms with Gasteiger partial charge in [0, 0.05) is 29.2 Å². The first-order valence-corrected chi connectivity index (χ1v) is 10.9. The molecule has 0 saturated carbocycles. The van der Waals surface area contributed by atoms with Gasteiger partial charge in [-0.3, -0.25) is 4.79 Å². The molecule has 0 aliphatic heterocycles. The van der Waals surface area contributed by atoms with E-state index in [9.17, 15) is 4.79 Å². The van der Waals surface area contributed by atoms with Gasteiger partial charge in [0.2, 0.25) is 0 Å². The summed E-state index contributed by atoms with van der Waals surface area (Å²) in [5, 5.41) is 0. The molecule has 4 rings (SSSR count). The van der Waals surface area contributed by atoms with Crippen LogP contribution in [-0.2, 0) is 6.61 Å². The van der Waals surface area contributed by atoms with Crippen molar-refractivity contribution in [3.8, 4) is 17.2 Å². The van der Waals surface area contributed by atoms with Gasteiger partial charge in [0.05, 0.1) is 7.11 Å². The summed E-state index contributed by atoms with van der Waals surface area (Å²) in [7, 11) is 1.65. The number of carbonyl (C=O) groups is 1. The van der Waals surface area contributed by atoms with E-state index < -0.39 is 0 Å². The molecular weight excluding hydrogens is 410 g/mol. The topological polar surface area (TPSA) is 40.5 Å². The summed E-state index contributed by atoms with van der Waals surface area (Å²) in [6.07, 6.45) is 7.37. The van der Waals surface area contributed by atoms with Gasteiger partial charge in [0.25, 0.3) is 0 Å². The standard InChI is InChI=1S/C29H27NO3/c1-21-6-7-22(2)29(18-21)33-20-25-19-23(9-15-28(25)32-3)8-14-27(31)24-10-12-26(13-11-24)30-16-4-5-17-30/h4-19H,20H2,1-3H3/b14-8+. The quantitative estimate of drug-likeness (QED) is 0.231. The molecule has 166 valence electrons. The van der Waals surface area contributed by atoms with Crippen LogP contribution in [0.4, 0.5) is 0 Å². The molecule has 0 bridgehead atoms. The molecule has 4 heteroatoms. The van der Waals surface area contributed by atoms with E-state index in [1.54, 1.807) is 13.2 Å². The van der Waals surface area contributed by atoms with Crippen molar-refractivity contribution in [1.29, 1.82) is 0 Å². The molecule has 0 fully saturated rings. The Labute approximate surface area is 194 Å². The zero-order valence-electron chi connectivity index (χ0n) is 19.1. The predicted molar refractivity (Wildman–Crippen MR) is 132 cm³/mol. The normalized spacial score (nSPS) is 11.0. The van der Waals surface area contributed by atoms with E-state index in [4.69, 9.17) is 9.47 Å². The third-order valence-electron chi connectivity index (χ3n) is 5.51. The van der Waals surface area contributed by atoms with Crippen LogP contribution in [0.2, 0.25) is 0 Å². The highest BCUT2D eigenvalue weighted by Crippen LogP contribution is 2.25. The maximum atomic E-state index is 12.7. The van der Waals surface area contributed by atoms with E-state index in [1.807, 2.05) is 97.5 Å². The summed E-state index contributed by atoms with van der Waals surface area (Å²) in [5.74, 6) is 1.57. The van der Waals surface area contributed by atoms with Crippen molar-refractivity contribution < 1.29 is 14.3 Å². The Morgan fingerprint density at radius 1 is 0.909 bits per heavy atom. The van der Waals surface area contributed by atoms with E-state index in [0.717, 1.165) is 39.4 Å². The Balaban J connectivity index is 1.47. The number of hydrogen-bond acceptors (Lipinski definition) is 3. The van der Waals surface area contributed by atoms with Gasteiger partial charge in [-0.15, -0.1) is 0 Å². The summed E-state index contributed by atoms with van der Waals surface area (Å²) in [5.41, 5.74) is 5.73. The van der Waals surface area contributed by atoms with Crippen LogP contribution in [0.1, 0.15) is 32.6 Å². The molecule has 0 atom stereocenters. The Bertz CT molecular complexity index is 1270. The summed E-state index contributed by atoms with van der Waals surface area (Å²) < 4.78 is 13.6. The van der Waals surface area contributed by atoms with Crippen molar-refractivity contribution in [3.63, 3.8) is 0 Å². The molecule has 4 nitrogen and oxygen atoms in total. The number of methoxy groups -OCH3 is 1. The zero-order chi connectivity index (χ0) is 23.2. The number of aromatic nitrogens is 1. The molecule has 0 spiro atoms. The molecule has 3 aromatic carbocycles. The van der Waals surface area contributed by atoms with E-state index in [1.165, 1.54) is 0 Å². The van der Waals surface area contributed by atoms with Crippen molar-refractivity contribution in [1.82, 2.24) is 4.57 Å². The van der Waals surface area contributed by atoms with Crippen molar-refractivity contribution in [2.24, 2.45) is 0 Å². The van der Waals surface area contributed by atoms with Crippen LogP contribution in [0, 0.1) is 13.8 Å². The van der Waals surface area contributed by atoms with E-state index in [-0.39, 0.29) is 5.78 Å². The summed E-state index contributed by atoms with van der Waals surface area (Å²) in [6, 6.07) is 23.5. The average molecular weight is 438 g/mol. The molecule has 0 unspecified atom stereocenters. The maximum Gasteiger partial charge on any atom is 0.185 e. The summed E-state index contributed by atoms with van der Waals surface area (Å²) in [4.78, 5) is 12.7. The van der Waals surface area contributed by atoms with Gasteiger partial charge in [-0.2, -0.15) is 0 Å². The highest BCUT2D eigenvalue weighted by atomic mass is 16.5. The van der Waals surface area contributed by atoms with Gasteiger partial charge < -0.3 is 14.0 Å². The lowest BCUT2D eigenvalue weighted by atomic mass is 10.1. The summed E-state index contributed by atoms with van der Waals surface area (Å²) in [6.45, 7) is 4.45. The first-order chi connectivity index (χ1) is 16.0. The highest BCUT2D eigenvalue weighted by molar-refractivity contribution is 6.06. The van der Waals surface area contributed by atoms with E-state index in [2.05, 4.69) is 12.1 Å². The van der Waals surface area contributed by atoms with Crippen LogP contribution in [0.15, 0.2) is 91.3 Å². The fraction of sp³-hybridized carbons (Fsp3) is 0.138. The lowest BCUT2D eigenvalue weighted by molar-refractivity contribution is 0.104. The molecule has 0 N–H and O–H groups in total. The lowest BCUT2D eigenvalue weighted by Gasteiger charge is -2.13. The van der Waals surface area contributed by atoms with Gasteiger partial charge in [0.15, 0.2) is 5.78 Å². The Morgan fingerprint density at radius 2 is 1.67 bits per heavy atom. The zero-order valence-corrected chi connectivity index (χ0v) is 19.1. The first kappa shape index (κ1) is 22.2. The van der Waals surface area contributed by atoms with Gasteiger partial charge >= 0.3 is 0 Å². The Hall–Kier alpha value is -4.05. The van der Waals surface area contributed by atoms with Gasteiger partial charge in [-0.1, -0.05) is 24.3 Å². The van der Waals surface area contributed by atoms with Crippen LogP contribution in [0.3, 0.4) is 0 Å². The monoisotopic (exact) mass is 437 g/mol. The fourth-order valence-electron chi connectivity index (χ4n) is 3.61. The third kappa shape index (κ3) is 5.42. The van der Waals surface area contributed by atoms with Crippen LogP contribution in [0.5, 0.6) is 11.5 Å². The molecule has 0 aliphatic carbocycles. The first-order valence-electron chi connectivity index (χ1n) is 10.9. The van der Waals surface area contributed by atoms with E-state index in [0.29, 0.717) is 12.2 Å². The lowest BCUT2D eigenvalue weighted by Crippen LogP contribution is -2.01. The predicted octanol–water partition coefficient (Wildman–Crippen LogP) is 6.58. The van der Waals surface area contributed by atoms with Crippen molar-refractivity contribution >= 4 is 11.9 Å². The second kappa shape index (κ2) is 10.0. The van der Waals surface area contributed by atoms with Crippen molar-refractivity contribution in [2.75, 3.05) is 7.11 Å². The smallest absolute Gasteiger partial charge is 0.185 e. The second-order valence-corrected chi connectivity index (χ2v) is 7.96. The largest absolute Gasteiger partial charge is 0.496 e. The molecule has 1 heterocycles. The molecule has 0 aliphatic rings. The molecule has 0 radical (unpaired) electrons. The number of benzene rings is 3. The van der Waals surface area contributed by atoms with Gasteiger partial charge in [-0.05, 0) is 91.2 Å². The van der Waals surface area contributed by atoms with Gasteiger partial charge in [0.1, 0.15) is 18.1 Å². The summed E-state index contributed by atoms with van der Waals surface area (Å²) >= 11 is 0. The van der Waals surface area contributed by atoms with Crippen LogP contribution < -0.4 is 9.47 Å². The van der Waals surface area contributed by atoms with Crippen LogP contribution >= 0.6 is 0 Å². The number of carbonyl (C=O) groups excluding carboxylic acids is 1. The highest BCUT2D eigenvalue weighted by Gasteiger charge is 2.08. The number of ether oxygens (including phenoxy) is 2. The maximum absolute atomic E-state index is 12.7. The number of nitrogens with zero attached hydrogens (tertiary/aromatic N) is 1. The minimum atomic E-state index is -0.0435. The second-order valence-electron chi connectivity index (χ2n) is 7.96. The average Bonchev–Trinajstić information content (AvgIpc) is 3.38. The minimum absolute atomic E-state index is 0.0435. The number of aryl methyl sites for hydroxylation is 2. The molecule has 1 aromatic heterocycles. The molecule has 0 saturated heterocycles. The van der Waals surface area contributed by atoms with Crippen molar-refractivity contribution in [2.45, 2.75) is 20.5 Å². The number of allylic oxidation sites excluding steroid dienone is 1. The SMILES string of the molecule is COc1ccc(/C=C/C(=O)c2ccc(-n3cccc3)cc2)cc1COc1cc(C)ccc1C. The molecule has 4 aromatic rings. The van der Waals surface area contributed by atoms with Gasteiger partial charge in [-0.25, -0.2) is 0 Å². The van der Waals surface area contributed by atoms with Crippen molar-refractivity contribution in [3.05, 3.63) is 119 Å². The Kier molecular flexibility index (Phi) is 6.75.